The third-order valence-corrected chi connectivity index (χ3v) is 5.69. The van der Waals surface area contributed by atoms with Crippen LogP contribution in [0.5, 0.6) is 0 Å². The zero-order valence-corrected chi connectivity index (χ0v) is 18.1. The number of hydrogen-bond acceptors (Lipinski definition) is 4. The number of unbranched alkanes of at least 4 members (excludes halogenated alkanes) is 1. The van der Waals surface area contributed by atoms with Gasteiger partial charge in [-0.2, -0.15) is 0 Å². The lowest BCUT2D eigenvalue weighted by molar-refractivity contribution is -0.119. The third kappa shape index (κ3) is 9.30. The number of rotatable bonds is 8. The zero-order chi connectivity index (χ0) is 21.0. The number of nitrogens with zero attached hydrogens (tertiary/aromatic N) is 1. The molecule has 2 rings (SSSR count). The molecule has 2 aromatic rings. The number of amides is 1. The van der Waals surface area contributed by atoms with Crippen molar-refractivity contribution in [2.75, 3.05) is 7.05 Å². The van der Waals surface area contributed by atoms with Gasteiger partial charge in [-0.25, -0.2) is 13.1 Å². The molecule has 1 aromatic heterocycles. The lowest BCUT2D eigenvalue weighted by Crippen LogP contribution is -2.32. The quantitative estimate of drug-likeness (QED) is 0.676. The molecule has 1 amide bonds. The van der Waals surface area contributed by atoms with Crippen LogP contribution in [0.4, 0.5) is 0 Å². The summed E-state index contributed by atoms with van der Waals surface area (Å²) in [6.45, 7) is 3.96. The topological polar surface area (TPSA) is 88.2 Å². The van der Waals surface area contributed by atoms with E-state index in [1.807, 2.05) is 19.1 Å². The van der Waals surface area contributed by atoms with Crippen molar-refractivity contribution in [2.24, 2.45) is 0 Å². The first kappa shape index (κ1) is 24.1. The predicted molar refractivity (Wildman–Crippen MR) is 113 cm³/mol. The fraction of sp³-hybridized carbons (Fsp3) is 0.400. The Hall–Kier alpha value is -1.96. The molecule has 154 valence electrons. The molecule has 6 nitrogen and oxygen atoms in total. The normalized spacial score (nSPS) is 11.9. The maximum atomic E-state index is 12.0. The van der Waals surface area contributed by atoms with E-state index in [2.05, 4.69) is 21.9 Å². The van der Waals surface area contributed by atoms with Crippen molar-refractivity contribution >= 4 is 27.5 Å². The highest BCUT2D eigenvalue weighted by Gasteiger charge is 2.16. The molecule has 0 unspecified atom stereocenters. The van der Waals surface area contributed by atoms with E-state index in [4.69, 9.17) is 11.6 Å². The summed E-state index contributed by atoms with van der Waals surface area (Å²) in [5.41, 5.74) is 0.937. The minimum absolute atomic E-state index is 0.0120. The van der Waals surface area contributed by atoms with Crippen molar-refractivity contribution < 1.29 is 13.2 Å². The first-order valence-corrected chi connectivity index (χ1v) is 11.0. The summed E-state index contributed by atoms with van der Waals surface area (Å²) in [5, 5.41) is 3.08. The first-order valence-electron chi connectivity index (χ1n) is 9.15. The van der Waals surface area contributed by atoms with Gasteiger partial charge in [-0.15, -0.1) is 0 Å². The fourth-order valence-corrected chi connectivity index (χ4v) is 3.70. The van der Waals surface area contributed by atoms with Gasteiger partial charge in [0.1, 0.15) is 0 Å². The van der Waals surface area contributed by atoms with Crippen LogP contribution < -0.4 is 10.0 Å². The molecule has 0 saturated heterocycles. The average Bonchev–Trinajstić information content (AvgIpc) is 2.67. The van der Waals surface area contributed by atoms with Crippen molar-refractivity contribution in [1.29, 1.82) is 0 Å². The Balaban J connectivity index is 0.000000307. The van der Waals surface area contributed by atoms with Crippen LogP contribution in [0.1, 0.15) is 38.7 Å². The minimum Gasteiger partial charge on any atom is -0.359 e. The fourth-order valence-electron chi connectivity index (χ4n) is 2.29. The van der Waals surface area contributed by atoms with Crippen molar-refractivity contribution in [3.8, 4) is 0 Å². The largest absolute Gasteiger partial charge is 0.359 e. The molecule has 1 atom stereocenters. The first-order chi connectivity index (χ1) is 13.3. The molecule has 8 heteroatoms. The molecule has 0 bridgehead atoms. The number of sulfonamides is 1. The van der Waals surface area contributed by atoms with Gasteiger partial charge in [0, 0.05) is 30.5 Å². The van der Waals surface area contributed by atoms with E-state index in [1.54, 1.807) is 31.6 Å². The SMILES string of the molecule is CCCC[C@@H](C)NS(=O)(=O)c1ccc(Cl)cc1.CNC(=O)Cc1cccnc1. The van der Waals surface area contributed by atoms with Crippen molar-refractivity contribution in [3.05, 3.63) is 59.4 Å². The molecule has 0 aliphatic rings. The Kier molecular flexibility index (Phi) is 10.7. The minimum atomic E-state index is -3.42. The summed E-state index contributed by atoms with van der Waals surface area (Å²) in [4.78, 5) is 15.0. The molecule has 1 aromatic carbocycles. The summed E-state index contributed by atoms with van der Waals surface area (Å²) < 4.78 is 26.6. The number of carbonyl (C=O) groups is 1. The van der Waals surface area contributed by atoms with Gasteiger partial charge in [-0.05, 0) is 49.2 Å². The molecule has 2 N–H and O–H groups in total. The number of pyridine rings is 1. The number of benzene rings is 1. The molecule has 1 heterocycles. The van der Waals surface area contributed by atoms with Crippen LogP contribution >= 0.6 is 11.6 Å². The second-order valence-electron chi connectivity index (χ2n) is 6.33. The number of hydrogen-bond donors (Lipinski definition) is 2. The van der Waals surface area contributed by atoms with E-state index >= 15 is 0 Å². The second-order valence-corrected chi connectivity index (χ2v) is 8.48. The van der Waals surface area contributed by atoms with Gasteiger partial charge in [-0.3, -0.25) is 9.78 Å². The zero-order valence-electron chi connectivity index (χ0n) is 16.5. The number of halogens is 1. The van der Waals surface area contributed by atoms with E-state index in [0.717, 1.165) is 24.8 Å². The van der Waals surface area contributed by atoms with Gasteiger partial charge in [0.25, 0.3) is 0 Å². The molecular weight excluding hydrogens is 398 g/mol. The maximum Gasteiger partial charge on any atom is 0.240 e. The molecule has 0 aliphatic heterocycles. The summed E-state index contributed by atoms with van der Waals surface area (Å²) in [6.07, 6.45) is 6.72. The van der Waals surface area contributed by atoms with Gasteiger partial charge >= 0.3 is 0 Å². The van der Waals surface area contributed by atoms with E-state index in [1.165, 1.54) is 12.1 Å². The summed E-state index contributed by atoms with van der Waals surface area (Å²) >= 11 is 5.72. The predicted octanol–water partition coefficient (Wildman–Crippen LogP) is 3.57. The maximum absolute atomic E-state index is 12.0. The van der Waals surface area contributed by atoms with Gasteiger partial charge in [-0.1, -0.05) is 37.4 Å². The Morgan fingerprint density at radius 1 is 1.21 bits per heavy atom. The van der Waals surface area contributed by atoms with Crippen LogP contribution in [0.15, 0.2) is 53.7 Å². The molecule has 0 radical (unpaired) electrons. The smallest absolute Gasteiger partial charge is 0.240 e. The Morgan fingerprint density at radius 3 is 2.43 bits per heavy atom. The monoisotopic (exact) mass is 425 g/mol. The van der Waals surface area contributed by atoms with Crippen molar-refractivity contribution in [1.82, 2.24) is 15.0 Å². The molecule has 28 heavy (non-hydrogen) atoms. The standard InChI is InChI=1S/C12H18ClNO2S.C8H10N2O/c1-3-4-5-10(2)14-17(15,16)12-8-6-11(13)7-9-12;1-9-8(11)5-7-3-2-4-10-6-7/h6-10,14H,3-5H2,1-2H3;2-4,6H,5H2,1H3,(H,9,11)/t10-;/m1./s1. The van der Waals surface area contributed by atoms with Gasteiger partial charge in [0.05, 0.1) is 11.3 Å². The van der Waals surface area contributed by atoms with Crippen LogP contribution in [0.25, 0.3) is 0 Å². The number of nitrogens with one attached hydrogen (secondary N) is 2. The summed E-state index contributed by atoms with van der Waals surface area (Å²) in [7, 11) is -1.79. The van der Waals surface area contributed by atoms with E-state index in [0.29, 0.717) is 11.4 Å². The number of carbonyl (C=O) groups excluding carboxylic acids is 1. The molecule has 0 saturated carbocycles. The number of aromatic nitrogens is 1. The Labute approximate surface area is 172 Å². The Bertz CT molecular complexity index is 812. The highest BCUT2D eigenvalue weighted by atomic mass is 35.5. The van der Waals surface area contributed by atoms with Gasteiger partial charge in [0.2, 0.25) is 15.9 Å². The Morgan fingerprint density at radius 2 is 1.89 bits per heavy atom. The molecule has 0 aliphatic carbocycles. The van der Waals surface area contributed by atoms with Gasteiger partial charge in [0.15, 0.2) is 0 Å². The van der Waals surface area contributed by atoms with Crippen LogP contribution in [0, 0.1) is 0 Å². The van der Waals surface area contributed by atoms with Crippen LogP contribution in [-0.4, -0.2) is 32.4 Å². The summed E-state index contributed by atoms with van der Waals surface area (Å²) in [5.74, 6) is 0.0120. The third-order valence-electron chi connectivity index (χ3n) is 3.84. The van der Waals surface area contributed by atoms with Crippen molar-refractivity contribution in [3.63, 3.8) is 0 Å². The molecule has 0 spiro atoms. The van der Waals surface area contributed by atoms with Crippen molar-refractivity contribution in [2.45, 2.75) is 50.5 Å². The molecule has 0 fully saturated rings. The van der Waals surface area contributed by atoms with E-state index < -0.39 is 10.0 Å². The highest BCUT2D eigenvalue weighted by molar-refractivity contribution is 7.89. The average molecular weight is 426 g/mol. The molecular formula is C20H28ClN3O3S. The lowest BCUT2D eigenvalue weighted by Gasteiger charge is -2.13. The van der Waals surface area contributed by atoms with Gasteiger partial charge < -0.3 is 5.32 Å². The van der Waals surface area contributed by atoms with Crippen LogP contribution in [0.3, 0.4) is 0 Å². The summed E-state index contributed by atoms with van der Waals surface area (Å²) in [6, 6.07) is 9.82. The highest BCUT2D eigenvalue weighted by Crippen LogP contribution is 2.14. The lowest BCUT2D eigenvalue weighted by atomic mass is 10.2. The van der Waals surface area contributed by atoms with Crippen LogP contribution in [-0.2, 0) is 21.2 Å². The second kappa shape index (κ2) is 12.5. The number of likely N-dealkylation sites (N-methyl/N-ethyl adjacent to an activating group) is 1. The van der Waals surface area contributed by atoms with Crippen LogP contribution in [0.2, 0.25) is 5.02 Å². The van der Waals surface area contributed by atoms with E-state index in [-0.39, 0.29) is 16.8 Å². The van der Waals surface area contributed by atoms with E-state index in [9.17, 15) is 13.2 Å².